The van der Waals surface area contributed by atoms with E-state index in [1.165, 1.54) is 17.1 Å². The van der Waals surface area contributed by atoms with Crippen LogP contribution in [0.2, 0.25) is 0 Å². The van der Waals surface area contributed by atoms with Crippen molar-refractivity contribution in [1.82, 2.24) is 4.57 Å². The van der Waals surface area contributed by atoms with E-state index in [0.717, 1.165) is 6.42 Å². The van der Waals surface area contributed by atoms with Crippen LogP contribution in [0.3, 0.4) is 0 Å². The quantitative estimate of drug-likeness (QED) is 0.539. The van der Waals surface area contributed by atoms with Crippen molar-refractivity contribution in [3.8, 4) is 5.69 Å². The SMILES string of the molecule is CCCn1cc[n+](-c2cc(C(F)(F)F)cc(C(F)(F)F)c2)c1.[Br-]. The van der Waals surface area contributed by atoms with Gasteiger partial charge in [-0.25, -0.2) is 9.13 Å². The Kier molecular flexibility index (Phi) is 5.89. The first kappa shape index (κ1) is 19.5. The molecule has 0 spiro atoms. The van der Waals surface area contributed by atoms with E-state index in [-0.39, 0.29) is 28.7 Å². The minimum atomic E-state index is -4.84. The summed E-state index contributed by atoms with van der Waals surface area (Å²) in [4.78, 5) is 0. The van der Waals surface area contributed by atoms with E-state index in [1.54, 1.807) is 10.8 Å². The average Bonchev–Trinajstić information content (AvgIpc) is 2.85. The number of imidazole rings is 1. The molecule has 0 bridgehead atoms. The number of hydrogen-bond acceptors (Lipinski definition) is 0. The fourth-order valence-electron chi connectivity index (χ4n) is 2.02. The molecule has 2 aromatic rings. The minimum Gasteiger partial charge on any atom is -1.00 e. The van der Waals surface area contributed by atoms with Gasteiger partial charge in [0.05, 0.1) is 17.7 Å². The third kappa shape index (κ3) is 4.73. The van der Waals surface area contributed by atoms with Gasteiger partial charge in [-0.1, -0.05) is 6.92 Å². The Morgan fingerprint density at radius 2 is 1.48 bits per heavy atom. The van der Waals surface area contributed by atoms with E-state index in [4.69, 9.17) is 0 Å². The van der Waals surface area contributed by atoms with Gasteiger partial charge < -0.3 is 17.0 Å². The van der Waals surface area contributed by atoms with E-state index in [9.17, 15) is 26.3 Å². The molecule has 2 nitrogen and oxygen atoms in total. The molecule has 1 aromatic heterocycles. The Bertz CT molecular complexity index is 628. The summed E-state index contributed by atoms with van der Waals surface area (Å²) in [6.45, 7) is 2.54. The van der Waals surface area contributed by atoms with Crippen molar-refractivity contribution < 1.29 is 47.9 Å². The van der Waals surface area contributed by atoms with Gasteiger partial charge in [0, 0.05) is 0 Å². The van der Waals surface area contributed by atoms with Crippen molar-refractivity contribution in [3.63, 3.8) is 0 Å². The zero-order valence-electron chi connectivity index (χ0n) is 11.9. The van der Waals surface area contributed by atoms with Crippen LogP contribution in [0.25, 0.3) is 5.69 Å². The zero-order chi connectivity index (χ0) is 16.5. The third-order valence-electron chi connectivity index (χ3n) is 3.04. The van der Waals surface area contributed by atoms with Gasteiger partial charge in [0.2, 0.25) is 6.33 Å². The molecule has 0 amide bonds. The Morgan fingerprint density at radius 1 is 0.957 bits per heavy atom. The first-order valence-corrected chi connectivity index (χ1v) is 6.48. The Balaban J connectivity index is 0.00000264. The summed E-state index contributed by atoms with van der Waals surface area (Å²) < 4.78 is 79.7. The lowest BCUT2D eigenvalue weighted by Gasteiger charge is -2.12. The summed E-state index contributed by atoms with van der Waals surface area (Å²) in [5.41, 5.74) is -2.84. The highest BCUT2D eigenvalue weighted by atomic mass is 79.9. The van der Waals surface area contributed by atoms with Crippen LogP contribution in [0.5, 0.6) is 0 Å². The maximum atomic E-state index is 12.8. The number of nitrogens with zero attached hydrogens (tertiary/aromatic N) is 2. The molecule has 0 atom stereocenters. The monoisotopic (exact) mass is 402 g/mol. The van der Waals surface area contributed by atoms with Crippen LogP contribution in [0.4, 0.5) is 26.3 Å². The lowest BCUT2D eigenvalue weighted by atomic mass is 10.1. The fraction of sp³-hybridized carbons (Fsp3) is 0.357. The van der Waals surface area contributed by atoms with Crippen molar-refractivity contribution in [3.05, 3.63) is 48.0 Å². The molecule has 9 heteroatoms. The van der Waals surface area contributed by atoms with Gasteiger partial charge in [-0.3, -0.25) is 0 Å². The van der Waals surface area contributed by atoms with Crippen LogP contribution in [-0.4, -0.2) is 4.57 Å². The summed E-state index contributed by atoms with van der Waals surface area (Å²) in [6, 6.07) is 1.52. The van der Waals surface area contributed by atoms with E-state index in [2.05, 4.69) is 0 Å². The van der Waals surface area contributed by atoms with Gasteiger partial charge >= 0.3 is 12.4 Å². The minimum absolute atomic E-state index is 0. The fourth-order valence-corrected chi connectivity index (χ4v) is 2.02. The highest BCUT2D eigenvalue weighted by molar-refractivity contribution is 5.37. The number of hydrogen-bond donors (Lipinski definition) is 0. The molecule has 0 saturated carbocycles. The van der Waals surface area contributed by atoms with Gasteiger partial charge in [0.15, 0.2) is 0 Å². The number of alkyl halides is 6. The van der Waals surface area contributed by atoms with Crippen LogP contribution in [0.15, 0.2) is 36.9 Å². The predicted octanol–water partition coefficient (Wildman–Crippen LogP) is 1.22. The first-order chi connectivity index (χ1) is 10.1. The van der Waals surface area contributed by atoms with E-state index in [0.29, 0.717) is 18.7 Å². The number of benzene rings is 1. The highest BCUT2D eigenvalue weighted by Gasteiger charge is 2.37. The van der Waals surface area contributed by atoms with Gasteiger partial charge in [-0.05, 0) is 24.6 Å². The summed E-state index contributed by atoms with van der Waals surface area (Å²) in [5.74, 6) is 0. The van der Waals surface area contributed by atoms with Gasteiger partial charge in [0.1, 0.15) is 18.1 Å². The molecule has 23 heavy (non-hydrogen) atoms. The van der Waals surface area contributed by atoms with E-state index >= 15 is 0 Å². The lowest BCUT2D eigenvalue weighted by Crippen LogP contribution is -3.00. The molecule has 0 N–H and O–H groups in total. The molecule has 0 aliphatic carbocycles. The first-order valence-electron chi connectivity index (χ1n) is 6.48. The van der Waals surface area contributed by atoms with Crippen LogP contribution in [0.1, 0.15) is 24.5 Å². The number of halogens is 7. The largest absolute Gasteiger partial charge is 1.00 e. The van der Waals surface area contributed by atoms with Crippen molar-refractivity contribution in [2.45, 2.75) is 32.2 Å². The summed E-state index contributed by atoms with van der Waals surface area (Å²) in [7, 11) is 0. The summed E-state index contributed by atoms with van der Waals surface area (Å²) in [5, 5.41) is 0. The standard InChI is InChI=1S/C14H13F6N2.BrH/c1-2-3-21-4-5-22(9-21)12-7-10(13(15,16)17)6-11(8-12)14(18,19)20;/h4-9H,2-3H2,1H3;1H/q+1;/p-1. The topological polar surface area (TPSA) is 8.81 Å². The molecule has 0 aliphatic rings. The summed E-state index contributed by atoms with van der Waals surface area (Å²) >= 11 is 0. The van der Waals surface area contributed by atoms with Gasteiger partial charge in [-0.2, -0.15) is 26.3 Å². The molecule has 1 heterocycles. The highest BCUT2D eigenvalue weighted by Crippen LogP contribution is 2.36. The Labute approximate surface area is 139 Å². The molecule has 0 saturated heterocycles. The number of rotatable bonds is 3. The van der Waals surface area contributed by atoms with Crippen molar-refractivity contribution in [2.24, 2.45) is 0 Å². The van der Waals surface area contributed by atoms with Gasteiger partial charge in [-0.15, -0.1) is 0 Å². The second-order valence-corrected chi connectivity index (χ2v) is 4.82. The number of aromatic nitrogens is 2. The average molecular weight is 403 g/mol. The van der Waals surface area contributed by atoms with E-state index in [1.807, 2.05) is 6.92 Å². The molecule has 128 valence electrons. The second-order valence-electron chi connectivity index (χ2n) is 4.82. The van der Waals surface area contributed by atoms with Crippen molar-refractivity contribution >= 4 is 0 Å². The lowest BCUT2D eigenvalue weighted by molar-refractivity contribution is -0.595. The molecular formula is C14H13BrF6N2. The smallest absolute Gasteiger partial charge is 0.416 e. The number of aryl methyl sites for hydroxylation is 1. The predicted molar refractivity (Wildman–Crippen MR) is 66.3 cm³/mol. The van der Waals surface area contributed by atoms with Crippen LogP contribution >= 0.6 is 0 Å². The van der Waals surface area contributed by atoms with Crippen molar-refractivity contribution in [1.29, 1.82) is 0 Å². The van der Waals surface area contributed by atoms with Crippen molar-refractivity contribution in [2.75, 3.05) is 0 Å². The molecule has 2 rings (SSSR count). The molecule has 1 aromatic carbocycles. The molecule has 0 aliphatic heterocycles. The van der Waals surface area contributed by atoms with E-state index < -0.39 is 23.5 Å². The molecule has 0 radical (unpaired) electrons. The molecule has 0 unspecified atom stereocenters. The summed E-state index contributed by atoms with van der Waals surface area (Å²) in [6.07, 6.45) is -4.42. The van der Waals surface area contributed by atoms with Crippen LogP contribution in [-0.2, 0) is 18.9 Å². The Hall–Kier alpha value is -1.51. The zero-order valence-corrected chi connectivity index (χ0v) is 13.5. The van der Waals surface area contributed by atoms with Crippen LogP contribution < -0.4 is 21.5 Å². The maximum Gasteiger partial charge on any atom is 0.416 e. The third-order valence-corrected chi connectivity index (χ3v) is 3.04. The van der Waals surface area contributed by atoms with Crippen LogP contribution in [0, 0.1) is 0 Å². The molecule has 0 fully saturated rings. The normalized spacial score (nSPS) is 12.1. The van der Waals surface area contributed by atoms with Gasteiger partial charge in [0.25, 0.3) is 0 Å². The second kappa shape index (κ2) is 6.94. The Morgan fingerprint density at radius 3 is 1.91 bits per heavy atom. The maximum absolute atomic E-state index is 12.8. The molecular weight excluding hydrogens is 390 g/mol.